The van der Waals surface area contributed by atoms with Crippen LogP contribution in [0.3, 0.4) is 0 Å². The highest BCUT2D eigenvalue weighted by atomic mass is 19.4. The first-order valence-corrected chi connectivity index (χ1v) is 6.54. The van der Waals surface area contributed by atoms with E-state index in [-0.39, 0.29) is 12.5 Å². The Morgan fingerprint density at radius 3 is 2.80 bits per heavy atom. The number of rotatable bonds is 5. The summed E-state index contributed by atoms with van der Waals surface area (Å²) >= 11 is 0. The molecule has 2 rings (SSSR count). The maximum absolute atomic E-state index is 12.1. The van der Waals surface area contributed by atoms with Gasteiger partial charge in [0.05, 0.1) is 0 Å². The van der Waals surface area contributed by atoms with Crippen molar-refractivity contribution in [1.82, 2.24) is 4.98 Å². The number of benzene rings is 1. The summed E-state index contributed by atoms with van der Waals surface area (Å²) in [5.74, 6) is 0.593. The second-order valence-electron chi connectivity index (χ2n) is 4.97. The highest BCUT2D eigenvalue weighted by molar-refractivity contribution is 5.77. The van der Waals surface area contributed by atoms with Gasteiger partial charge in [0, 0.05) is 25.1 Å². The molecule has 0 saturated carbocycles. The van der Waals surface area contributed by atoms with Gasteiger partial charge in [0.1, 0.15) is 5.52 Å². The molecule has 110 valence electrons. The Labute approximate surface area is 115 Å². The lowest BCUT2D eigenvalue weighted by atomic mass is 10.1. The number of nitrogens with zero attached hydrogens (tertiary/aromatic N) is 1. The maximum Gasteiger partial charge on any atom is 0.389 e. The fourth-order valence-electron chi connectivity index (χ4n) is 2.10. The van der Waals surface area contributed by atoms with Gasteiger partial charge in [-0.2, -0.15) is 13.2 Å². The number of hydrogen-bond donors (Lipinski definition) is 1. The molecular formula is C14H17F3N2O. The summed E-state index contributed by atoms with van der Waals surface area (Å²) in [4.78, 5) is 4.22. The molecule has 1 aromatic heterocycles. The zero-order valence-electron chi connectivity index (χ0n) is 11.4. The summed E-state index contributed by atoms with van der Waals surface area (Å²) in [6.45, 7) is 3.64. The molecule has 0 aliphatic heterocycles. The average Bonchev–Trinajstić information content (AvgIpc) is 2.66. The minimum absolute atomic E-state index is 0.0252. The number of anilines is 1. The Morgan fingerprint density at radius 2 is 2.10 bits per heavy atom. The monoisotopic (exact) mass is 286 g/mol. The Hall–Kier alpha value is -1.72. The Kier molecular flexibility index (Phi) is 4.20. The van der Waals surface area contributed by atoms with Crippen molar-refractivity contribution in [2.75, 3.05) is 5.32 Å². The van der Waals surface area contributed by atoms with E-state index in [0.29, 0.717) is 17.9 Å². The number of aryl methyl sites for hydroxylation is 1. The molecule has 20 heavy (non-hydrogen) atoms. The van der Waals surface area contributed by atoms with Gasteiger partial charge in [0.2, 0.25) is 0 Å². The quantitative estimate of drug-likeness (QED) is 0.868. The van der Waals surface area contributed by atoms with E-state index in [4.69, 9.17) is 4.42 Å². The third kappa shape index (κ3) is 4.15. The van der Waals surface area contributed by atoms with Crippen LogP contribution < -0.4 is 5.32 Å². The van der Waals surface area contributed by atoms with Crippen LogP contribution in [0.15, 0.2) is 22.6 Å². The lowest BCUT2D eigenvalue weighted by Crippen LogP contribution is -2.16. The van der Waals surface area contributed by atoms with Crippen LogP contribution >= 0.6 is 0 Å². The van der Waals surface area contributed by atoms with Crippen molar-refractivity contribution in [3.8, 4) is 0 Å². The summed E-state index contributed by atoms with van der Waals surface area (Å²) in [5, 5.41) is 3.18. The lowest BCUT2D eigenvalue weighted by molar-refractivity contribution is -0.135. The fourth-order valence-corrected chi connectivity index (χ4v) is 2.10. The number of halogens is 3. The first-order chi connectivity index (χ1) is 9.33. The molecule has 0 amide bonds. The molecule has 6 heteroatoms. The summed E-state index contributed by atoms with van der Waals surface area (Å²) in [6, 6.07) is 5.46. The van der Waals surface area contributed by atoms with Crippen LogP contribution in [0.25, 0.3) is 11.1 Å². The van der Waals surface area contributed by atoms with Crippen molar-refractivity contribution in [3.05, 3.63) is 24.1 Å². The molecule has 2 aromatic rings. The van der Waals surface area contributed by atoms with Crippen molar-refractivity contribution in [2.24, 2.45) is 0 Å². The third-order valence-electron chi connectivity index (χ3n) is 3.00. The number of nitrogens with one attached hydrogen (secondary N) is 1. The Balaban J connectivity index is 1.90. The van der Waals surface area contributed by atoms with Crippen molar-refractivity contribution in [1.29, 1.82) is 0 Å². The van der Waals surface area contributed by atoms with E-state index in [1.54, 1.807) is 13.0 Å². The van der Waals surface area contributed by atoms with E-state index < -0.39 is 12.6 Å². The molecule has 1 aromatic carbocycles. The van der Waals surface area contributed by atoms with E-state index >= 15 is 0 Å². The molecule has 0 spiro atoms. The maximum atomic E-state index is 12.1. The van der Waals surface area contributed by atoms with Crippen LogP contribution in [0, 0.1) is 6.92 Å². The molecule has 0 fully saturated rings. The van der Waals surface area contributed by atoms with Crippen molar-refractivity contribution in [3.63, 3.8) is 0 Å². The molecule has 0 bridgehead atoms. The highest BCUT2D eigenvalue weighted by Crippen LogP contribution is 2.24. The standard InChI is InChI=1S/C14H17F3N2O/c1-9(4-3-7-14(15,16)17)18-11-5-6-13-12(8-11)19-10(2)20-13/h5-6,8-9,18H,3-4,7H2,1-2H3. The SMILES string of the molecule is Cc1nc2cc(NC(C)CCCC(F)(F)F)ccc2o1. The van der Waals surface area contributed by atoms with Crippen LogP contribution in [-0.4, -0.2) is 17.2 Å². The second kappa shape index (κ2) is 5.73. The van der Waals surface area contributed by atoms with Gasteiger partial charge >= 0.3 is 6.18 Å². The molecule has 3 nitrogen and oxygen atoms in total. The van der Waals surface area contributed by atoms with Gasteiger partial charge in [-0.05, 0) is 38.0 Å². The van der Waals surface area contributed by atoms with E-state index in [0.717, 1.165) is 11.2 Å². The van der Waals surface area contributed by atoms with Crippen LogP contribution in [0.5, 0.6) is 0 Å². The van der Waals surface area contributed by atoms with Gasteiger partial charge in [-0.1, -0.05) is 0 Å². The zero-order valence-corrected chi connectivity index (χ0v) is 11.4. The summed E-state index contributed by atoms with van der Waals surface area (Å²) < 4.78 is 41.6. The predicted octanol–water partition coefficient (Wildman–Crippen LogP) is 4.67. The van der Waals surface area contributed by atoms with Crippen molar-refractivity contribution in [2.45, 2.75) is 45.3 Å². The van der Waals surface area contributed by atoms with Gasteiger partial charge in [0.25, 0.3) is 0 Å². The van der Waals surface area contributed by atoms with Gasteiger partial charge in [-0.25, -0.2) is 4.98 Å². The fraction of sp³-hybridized carbons (Fsp3) is 0.500. The zero-order chi connectivity index (χ0) is 14.8. The topological polar surface area (TPSA) is 38.1 Å². The Morgan fingerprint density at radius 1 is 1.35 bits per heavy atom. The minimum Gasteiger partial charge on any atom is -0.441 e. The Bertz CT molecular complexity index is 577. The smallest absolute Gasteiger partial charge is 0.389 e. The number of alkyl halides is 3. The number of hydrogen-bond acceptors (Lipinski definition) is 3. The number of oxazole rings is 1. The highest BCUT2D eigenvalue weighted by Gasteiger charge is 2.26. The predicted molar refractivity (Wildman–Crippen MR) is 71.7 cm³/mol. The van der Waals surface area contributed by atoms with Crippen LogP contribution in [0.2, 0.25) is 0 Å². The van der Waals surface area contributed by atoms with Crippen LogP contribution in [0.4, 0.5) is 18.9 Å². The second-order valence-corrected chi connectivity index (χ2v) is 4.97. The van der Waals surface area contributed by atoms with E-state index in [2.05, 4.69) is 10.3 Å². The van der Waals surface area contributed by atoms with Crippen molar-refractivity contribution >= 4 is 16.8 Å². The molecule has 1 atom stereocenters. The van der Waals surface area contributed by atoms with Gasteiger partial charge in [0.15, 0.2) is 11.5 Å². The normalized spacial score (nSPS) is 13.7. The minimum atomic E-state index is -4.07. The van der Waals surface area contributed by atoms with Crippen molar-refractivity contribution < 1.29 is 17.6 Å². The molecule has 0 aliphatic carbocycles. The number of aromatic nitrogens is 1. The molecular weight excluding hydrogens is 269 g/mol. The first-order valence-electron chi connectivity index (χ1n) is 6.54. The molecule has 0 saturated heterocycles. The van der Waals surface area contributed by atoms with Crippen LogP contribution in [-0.2, 0) is 0 Å². The van der Waals surface area contributed by atoms with Gasteiger partial charge in [-0.15, -0.1) is 0 Å². The largest absolute Gasteiger partial charge is 0.441 e. The van der Waals surface area contributed by atoms with E-state index in [1.807, 2.05) is 19.1 Å². The van der Waals surface area contributed by atoms with Gasteiger partial charge in [-0.3, -0.25) is 0 Å². The molecule has 1 heterocycles. The van der Waals surface area contributed by atoms with E-state index in [1.165, 1.54) is 0 Å². The van der Waals surface area contributed by atoms with Gasteiger partial charge < -0.3 is 9.73 Å². The lowest BCUT2D eigenvalue weighted by Gasteiger charge is -2.15. The first kappa shape index (κ1) is 14.7. The number of fused-ring (bicyclic) bond motifs is 1. The third-order valence-corrected chi connectivity index (χ3v) is 3.00. The molecule has 0 radical (unpaired) electrons. The molecule has 1 N–H and O–H groups in total. The van der Waals surface area contributed by atoms with E-state index in [9.17, 15) is 13.2 Å². The summed E-state index contributed by atoms with van der Waals surface area (Å²) in [7, 11) is 0. The molecule has 1 unspecified atom stereocenters. The summed E-state index contributed by atoms with van der Waals surface area (Å²) in [6.07, 6.45) is -4.21. The average molecular weight is 286 g/mol. The van der Waals surface area contributed by atoms with Crippen LogP contribution in [0.1, 0.15) is 32.1 Å². The summed E-state index contributed by atoms with van der Waals surface area (Å²) in [5.41, 5.74) is 2.29. The molecule has 0 aliphatic rings.